The first-order valence-corrected chi connectivity index (χ1v) is 6.31. The van der Waals surface area contributed by atoms with Crippen LogP contribution in [0.1, 0.15) is 37.6 Å². The van der Waals surface area contributed by atoms with Gasteiger partial charge in [0.15, 0.2) is 0 Å². The highest BCUT2D eigenvalue weighted by atomic mass is 16.6. The molecule has 0 aromatic carbocycles. The number of ether oxygens (including phenoxy) is 2. The minimum atomic E-state index is -0.480. The zero-order valence-electron chi connectivity index (χ0n) is 12.1. The molecule has 19 heavy (non-hydrogen) atoms. The van der Waals surface area contributed by atoms with Crippen LogP contribution >= 0.6 is 0 Å². The Morgan fingerprint density at radius 2 is 2.05 bits per heavy atom. The molecule has 0 radical (unpaired) electrons. The molecule has 0 N–H and O–H groups in total. The van der Waals surface area contributed by atoms with Crippen molar-refractivity contribution in [3.8, 4) is 5.88 Å². The second kappa shape index (κ2) is 4.72. The molecule has 0 aliphatic carbocycles. The number of pyridine rings is 1. The molecule has 1 aliphatic rings. The third kappa shape index (κ3) is 2.97. The van der Waals surface area contributed by atoms with E-state index in [0.29, 0.717) is 19.0 Å². The van der Waals surface area contributed by atoms with Gasteiger partial charge in [-0.1, -0.05) is 0 Å². The van der Waals surface area contributed by atoms with Crippen LogP contribution < -0.4 is 4.74 Å². The van der Waals surface area contributed by atoms with E-state index in [9.17, 15) is 4.79 Å². The molecule has 1 aromatic rings. The quantitative estimate of drug-likeness (QED) is 0.782. The number of rotatable bonds is 1. The Labute approximate surface area is 113 Å². The molecule has 5 nitrogen and oxygen atoms in total. The molecule has 0 atom stereocenters. The molecule has 0 bridgehead atoms. The van der Waals surface area contributed by atoms with E-state index < -0.39 is 5.60 Å². The van der Waals surface area contributed by atoms with Gasteiger partial charge in [-0.3, -0.25) is 4.90 Å². The topological polar surface area (TPSA) is 51.7 Å². The van der Waals surface area contributed by atoms with Crippen LogP contribution in [0.2, 0.25) is 0 Å². The Morgan fingerprint density at radius 3 is 2.63 bits per heavy atom. The summed E-state index contributed by atoms with van der Waals surface area (Å²) in [5, 5.41) is 0. The highest BCUT2D eigenvalue weighted by molar-refractivity contribution is 5.69. The molecule has 2 rings (SSSR count). The summed E-state index contributed by atoms with van der Waals surface area (Å²) in [5.74, 6) is 0.585. The van der Waals surface area contributed by atoms with Gasteiger partial charge in [0.25, 0.3) is 0 Å². The van der Waals surface area contributed by atoms with E-state index in [1.807, 2.05) is 33.8 Å². The number of methoxy groups -OCH3 is 1. The van der Waals surface area contributed by atoms with Crippen molar-refractivity contribution in [3.05, 3.63) is 22.9 Å². The van der Waals surface area contributed by atoms with Crippen LogP contribution in [-0.2, 0) is 17.8 Å². The van der Waals surface area contributed by atoms with Gasteiger partial charge in [-0.2, -0.15) is 0 Å². The van der Waals surface area contributed by atoms with Gasteiger partial charge < -0.3 is 9.47 Å². The van der Waals surface area contributed by atoms with Crippen molar-refractivity contribution in [2.45, 2.75) is 46.4 Å². The summed E-state index contributed by atoms with van der Waals surface area (Å²) in [4.78, 5) is 18.1. The maximum Gasteiger partial charge on any atom is 0.410 e. The van der Waals surface area contributed by atoms with Gasteiger partial charge in [-0.05, 0) is 38.8 Å². The smallest absolute Gasteiger partial charge is 0.410 e. The number of amides is 1. The van der Waals surface area contributed by atoms with Crippen LogP contribution in [0.25, 0.3) is 0 Å². The first-order chi connectivity index (χ1) is 8.80. The van der Waals surface area contributed by atoms with E-state index in [0.717, 1.165) is 16.8 Å². The van der Waals surface area contributed by atoms with Crippen molar-refractivity contribution in [2.24, 2.45) is 0 Å². The van der Waals surface area contributed by atoms with Gasteiger partial charge in [0.05, 0.1) is 25.9 Å². The van der Waals surface area contributed by atoms with Gasteiger partial charge in [-0.25, -0.2) is 9.78 Å². The summed E-state index contributed by atoms with van der Waals surface area (Å²) >= 11 is 0. The molecule has 1 aliphatic heterocycles. The summed E-state index contributed by atoms with van der Waals surface area (Å²) in [5.41, 5.74) is 2.59. The Bertz CT molecular complexity index is 506. The molecule has 0 fully saturated rings. The highest BCUT2D eigenvalue weighted by Gasteiger charge is 2.29. The molecule has 2 heterocycles. The van der Waals surface area contributed by atoms with Crippen molar-refractivity contribution in [2.75, 3.05) is 7.11 Å². The fourth-order valence-corrected chi connectivity index (χ4v) is 2.07. The Kier molecular flexibility index (Phi) is 3.39. The van der Waals surface area contributed by atoms with Gasteiger partial charge >= 0.3 is 6.09 Å². The molecule has 104 valence electrons. The van der Waals surface area contributed by atoms with Crippen molar-refractivity contribution in [1.29, 1.82) is 0 Å². The summed E-state index contributed by atoms with van der Waals surface area (Å²) in [6.45, 7) is 8.61. The Balaban J connectivity index is 2.16. The molecule has 0 saturated carbocycles. The first kappa shape index (κ1) is 13.6. The fourth-order valence-electron chi connectivity index (χ4n) is 2.07. The van der Waals surface area contributed by atoms with Gasteiger partial charge in [0, 0.05) is 6.07 Å². The number of aryl methyl sites for hydroxylation is 1. The van der Waals surface area contributed by atoms with E-state index in [1.54, 1.807) is 12.0 Å². The predicted octanol–water partition coefficient (Wildman–Crippen LogP) is 2.65. The molecule has 0 spiro atoms. The lowest BCUT2D eigenvalue weighted by Crippen LogP contribution is -2.33. The maximum absolute atomic E-state index is 12.0. The number of hydrogen-bond acceptors (Lipinski definition) is 4. The Morgan fingerprint density at radius 1 is 1.37 bits per heavy atom. The third-order valence-corrected chi connectivity index (χ3v) is 2.96. The molecule has 1 aromatic heterocycles. The minimum absolute atomic E-state index is 0.302. The number of carbonyl (C=O) groups is 1. The average molecular weight is 264 g/mol. The van der Waals surface area contributed by atoms with E-state index >= 15 is 0 Å². The SMILES string of the molecule is COc1cc(C)c2c(n1)CN(C(=O)OC(C)(C)C)C2. The number of aromatic nitrogens is 1. The van der Waals surface area contributed by atoms with Crippen LogP contribution in [0.5, 0.6) is 5.88 Å². The monoisotopic (exact) mass is 264 g/mol. The van der Waals surface area contributed by atoms with Crippen molar-refractivity contribution < 1.29 is 14.3 Å². The standard InChI is InChI=1S/C14H20N2O3/c1-9-6-12(18-5)15-11-8-16(7-10(9)11)13(17)19-14(2,3)4/h6H,7-8H2,1-5H3. The number of carbonyl (C=O) groups excluding carboxylic acids is 1. The number of fused-ring (bicyclic) bond motifs is 1. The summed E-state index contributed by atoms with van der Waals surface area (Å²) in [6.07, 6.45) is -0.302. The predicted molar refractivity (Wildman–Crippen MR) is 71.0 cm³/mol. The lowest BCUT2D eigenvalue weighted by Gasteiger charge is -2.24. The van der Waals surface area contributed by atoms with E-state index in [2.05, 4.69) is 4.98 Å². The van der Waals surface area contributed by atoms with Gasteiger partial charge in [0.2, 0.25) is 5.88 Å². The molecular weight excluding hydrogens is 244 g/mol. The largest absolute Gasteiger partial charge is 0.481 e. The van der Waals surface area contributed by atoms with Crippen molar-refractivity contribution in [1.82, 2.24) is 9.88 Å². The highest BCUT2D eigenvalue weighted by Crippen LogP contribution is 2.28. The molecule has 1 amide bonds. The van der Waals surface area contributed by atoms with Gasteiger partial charge in [0.1, 0.15) is 5.60 Å². The molecule has 0 unspecified atom stereocenters. The number of nitrogens with zero attached hydrogens (tertiary/aromatic N) is 2. The van der Waals surface area contributed by atoms with E-state index in [1.165, 1.54) is 0 Å². The second-order valence-electron chi connectivity index (χ2n) is 5.74. The molecule has 0 saturated heterocycles. The zero-order chi connectivity index (χ0) is 14.2. The van der Waals surface area contributed by atoms with Crippen LogP contribution in [-0.4, -0.2) is 28.7 Å². The fraction of sp³-hybridized carbons (Fsp3) is 0.571. The average Bonchev–Trinajstić information content (AvgIpc) is 2.71. The lowest BCUT2D eigenvalue weighted by atomic mass is 10.1. The Hall–Kier alpha value is -1.78. The third-order valence-electron chi connectivity index (χ3n) is 2.96. The minimum Gasteiger partial charge on any atom is -0.481 e. The second-order valence-corrected chi connectivity index (χ2v) is 5.74. The summed E-state index contributed by atoms with van der Waals surface area (Å²) < 4.78 is 10.5. The van der Waals surface area contributed by atoms with E-state index in [4.69, 9.17) is 9.47 Å². The van der Waals surface area contributed by atoms with Crippen LogP contribution in [0, 0.1) is 6.92 Å². The van der Waals surface area contributed by atoms with Gasteiger partial charge in [-0.15, -0.1) is 0 Å². The van der Waals surface area contributed by atoms with Crippen LogP contribution in [0.15, 0.2) is 6.07 Å². The van der Waals surface area contributed by atoms with E-state index in [-0.39, 0.29) is 6.09 Å². The first-order valence-electron chi connectivity index (χ1n) is 6.31. The zero-order valence-corrected chi connectivity index (χ0v) is 12.1. The van der Waals surface area contributed by atoms with Crippen LogP contribution in [0.4, 0.5) is 4.79 Å². The summed E-state index contributed by atoms with van der Waals surface area (Å²) in [7, 11) is 1.59. The summed E-state index contributed by atoms with van der Waals surface area (Å²) in [6, 6.07) is 1.89. The number of hydrogen-bond donors (Lipinski definition) is 0. The maximum atomic E-state index is 12.0. The molecular formula is C14H20N2O3. The molecule has 5 heteroatoms. The van der Waals surface area contributed by atoms with Crippen molar-refractivity contribution in [3.63, 3.8) is 0 Å². The van der Waals surface area contributed by atoms with Crippen LogP contribution in [0.3, 0.4) is 0 Å². The lowest BCUT2D eigenvalue weighted by molar-refractivity contribution is 0.0240. The van der Waals surface area contributed by atoms with Crippen molar-refractivity contribution >= 4 is 6.09 Å². The normalized spacial score (nSPS) is 14.3.